The molecule has 0 amide bonds. The minimum Gasteiger partial charge on any atom is -0.491 e. The van der Waals surface area contributed by atoms with Gasteiger partial charge in [0.1, 0.15) is 17.9 Å². The molecule has 1 aromatic carbocycles. The van der Waals surface area contributed by atoms with Gasteiger partial charge >= 0.3 is 0 Å². The van der Waals surface area contributed by atoms with Crippen molar-refractivity contribution in [3.8, 4) is 5.75 Å². The average molecular weight is 398 g/mol. The lowest BCUT2D eigenvalue weighted by Gasteiger charge is -2.07. The second-order valence-electron chi connectivity index (χ2n) is 3.54. The zero-order valence-corrected chi connectivity index (χ0v) is 13.8. The summed E-state index contributed by atoms with van der Waals surface area (Å²) in [6.45, 7) is 3.41. The highest BCUT2D eigenvalue weighted by Crippen LogP contribution is 2.15. The molecule has 0 heterocycles. The third-order valence-electron chi connectivity index (χ3n) is 2.13. The van der Waals surface area contributed by atoms with Crippen LogP contribution in [0.4, 0.5) is 0 Å². The van der Waals surface area contributed by atoms with Crippen molar-refractivity contribution in [1.29, 1.82) is 0 Å². The van der Waals surface area contributed by atoms with Crippen LogP contribution in [0, 0.1) is 0 Å². The number of rotatable bonds is 11. The Kier molecular flexibility index (Phi) is 10.4. The van der Waals surface area contributed by atoms with E-state index >= 15 is 0 Å². The molecular formula is C13H18Br2O4. The van der Waals surface area contributed by atoms with Gasteiger partial charge in [-0.15, -0.1) is 0 Å². The van der Waals surface area contributed by atoms with Gasteiger partial charge in [0, 0.05) is 4.47 Å². The van der Waals surface area contributed by atoms with Crippen molar-refractivity contribution >= 4 is 31.9 Å². The molecule has 0 atom stereocenters. The monoisotopic (exact) mass is 396 g/mol. The fourth-order valence-electron chi connectivity index (χ4n) is 1.24. The fourth-order valence-corrected chi connectivity index (χ4v) is 1.74. The number of benzene rings is 1. The van der Waals surface area contributed by atoms with Crippen LogP contribution in [0.1, 0.15) is 0 Å². The third-order valence-corrected chi connectivity index (χ3v) is 2.98. The molecule has 0 radical (unpaired) electrons. The molecule has 0 aliphatic heterocycles. The van der Waals surface area contributed by atoms with Gasteiger partial charge in [0.2, 0.25) is 0 Å². The van der Waals surface area contributed by atoms with Gasteiger partial charge in [-0.3, -0.25) is 0 Å². The smallest absolute Gasteiger partial charge is 0.119 e. The lowest BCUT2D eigenvalue weighted by Crippen LogP contribution is -2.12. The number of hydrogen-bond donors (Lipinski definition) is 0. The minimum atomic E-state index is 0.536. The van der Waals surface area contributed by atoms with Crippen LogP contribution in [0.3, 0.4) is 0 Å². The highest BCUT2D eigenvalue weighted by molar-refractivity contribution is 9.10. The molecule has 6 heteroatoms. The van der Waals surface area contributed by atoms with Gasteiger partial charge in [0.05, 0.1) is 33.0 Å². The van der Waals surface area contributed by atoms with Gasteiger partial charge in [-0.1, -0.05) is 31.9 Å². The van der Waals surface area contributed by atoms with E-state index in [0.29, 0.717) is 45.2 Å². The van der Waals surface area contributed by atoms with E-state index in [-0.39, 0.29) is 0 Å². The second kappa shape index (κ2) is 11.7. The molecule has 108 valence electrons. The largest absolute Gasteiger partial charge is 0.491 e. The Morgan fingerprint density at radius 2 is 1.26 bits per heavy atom. The van der Waals surface area contributed by atoms with Crippen LogP contribution in [-0.4, -0.2) is 45.2 Å². The van der Waals surface area contributed by atoms with Crippen molar-refractivity contribution in [3.63, 3.8) is 0 Å². The van der Waals surface area contributed by atoms with Crippen molar-refractivity contribution in [2.75, 3.05) is 45.2 Å². The van der Waals surface area contributed by atoms with E-state index in [0.717, 1.165) is 10.2 Å². The van der Waals surface area contributed by atoms with Gasteiger partial charge in [0.25, 0.3) is 0 Å². The Labute approximate surface area is 130 Å². The molecule has 19 heavy (non-hydrogen) atoms. The molecule has 0 unspecified atom stereocenters. The standard InChI is InChI=1S/C13H18Br2O4/c14-11-18-8-7-16-5-6-17-9-10-19-13-3-1-12(15)2-4-13/h1-4H,5-11H2. The Morgan fingerprint density at radius 1 is 0.737 bits per heavy atom. The number of alkyl halides is 1. The Morgan fingerprint density at radius 3 is 1.84 bits per heavy atom. The van der Waals surface area contributed by atoms with Crippen LogP contribution < -0.4 is 4.74 Å². The maximum Gasteiger partial charge on any atom is 0.119 e. The molecule has 0 fully saturated rings. The summed E-state index contributed by atoms with van der Waals surface area (Å²) in [5.41, 5.74) is 0.542. The lowest BCUT2D eigenvalue weighted by molar-refractivity contribution is 0.0165. The predicted molar refractivity (Wildman–Crippen MR) is 81.0 cm³/mol. The summed E-state index contributed by atoms with van der Waals surface area (Å²) in [7, 11) is 0. The van der Waals surface area contributed by atoms with Gasteiger partial charge < -0.3 is 18.9 Å². The van der Waals surface area contributed by atoms with E-state index in [4.69, 9.17) is 18.9 Å². The molecule has 0 spiro atoms. The van der Waals surface area contributed by atoms with Crippen molar-refractivity contribution < 1.29 is 18.9 Å². The predicted octanol–water partition coefficient (Wildman–Crippen LogP) is 3.23. The number of hydrogen-bond acceptors (Lipinski definition) is 4. The summed E-state index contributed by atoms with van der Waals surface area (Å²) in [4.78, 5) is 0. The van der Waals surface area contributed by atoms with E-state index in [1.165, 1.54) is 0 Å². The molecule has 1 rings (SSSR count). The lowest BCUT2D eigenvalue weighted by atomic mass is 10.3. The topological polar surface area (TPSA) is 36.9 Å². The maximum absolute atomic E-state index is 5.51. The van der Waals surface area contributed by atoms with Crippen LogP contribution in [0.5, 0.6) is 5.75 Å². The van der Waals surface area contributed by atoms with Gasteiger partial charge in [-0.05, 0) is 24.3 Å². The van der Waals surface area contributed by atoms with Crippen LogP contribution in [0.25, 0.3) is 0 Å². The molecule has 0 bridgehead atoms. The molecule has 0 aromatic heterocycles. The van der Waals surface area contributed by atoms with E-state index in [1.807, 2.05) is 24.3 Å². The van der Waals surface area contributed by atoms with Crippen molar-refractivity contribution in [2.45, 2.75) is 0 Å². The van der Waals surface area contributed by atoms with Crippen LogP contribution >= 0.6 is 31.9 Å². The quantitative estimate of drug-likeness (QED) is 0.424. The first-order valence-corrected chi connectivity index (χ1v) is 7.92. The number of ether oxygens (including phenoxy) is 4. The van der Waals surface area contributed by atoms with Gasteiger partial charge in [0.15, 0.2) is 0 Å². The molecular weight excluding hydrogens is 380 g/mol. The second-order valence-corrected chi connectivity index (χ2v) is 4.92. The first kappa shape index (κ1) is 16.9. The molecule has 0 N–H and O–H groups in total. The summed E-state index contributed by atoms with van der Waals surface area (Å²) in [6.07, 6.45) is 0. The summed E-state index contributed by atoms with van der Waals surface area (Å²) in [5, 5.41) is 0. The van der Waals surface area contributed by atoms with E-state index < -0.39 is 0 Å². The first-order chi connectivity index (χ1) is 9.33. The summed E-state index contributed by atoms with van der Waals surface area (Å²) in [6, 6.07) is 7.71. The van der Waals surface area contributed by atoms with Crippen molar-refractivity contribution in [1.82, 2.24) is 0 Å². The highest BCUT2D eigenvalue weighted by Gasteiger charge is 1.94. The van der Waals surface area contributed by atoms with Crippen LogP contribution in [0.2, 0.25) is 0 Å². The summed E-state index contributed by atoms with van der Waals surface area (Å²) in [5.74, 6) is 0.843. The zero-order valence-electron chi connectivity index (χ0n) is 10.6. The van der Waals surface area contributed by atoms with Crippen molar-refractivity contribution in [3.05, 3.63) is 28.7 Å². The molecule has 1 aromatic rings. The fraction of sp³-hybridized carbons (Fsp3) is 0.538. The Bertz CT molecular complexity index is 319. The van der Waals surface area contributed by atoms with Gasteiger partial charge in [-0.25, -0.2) is 0 Å². The van der Waals surface area contributed by atoms with Crippen LogP contribution in [0.15, 0.2) is 28.7 Å². The van der Waals surface area contributed by atoms with E-state index in [1.54, 1.807) is 0 Å². The maximum atomic E-state index is 5.51. The first-order valence-electron chi connectivity index (χ1n) is 6.00. The highest BCUT2D eigenvalue weighted by atomic mass is 79.9. The molecule has 0 saturated heterocycles. The molecule has 0 aliphatic carbocycles. The average Bonchev–Trinajstić information content (AvgIpc) is 2.43. The summed E-state index contributed by atoms with van der Waals surface area (Å²) < 4.78 is 22.3. The van der Waals surface area contributed by atoms with Crippen molar-refractivity contribution in [2.24, 2.45) is 0 Å². The molecule has 4 nitrogen and oxygen atoms in total. The summed E-state index contributed by atoms with van der Waals surface area (Å²) >= 11 is 6.54. The van der Waals surface area contributed by atoms with Crippen LogP contribution in [-0.2, 0) is 14.2 Å². The van der Waals surface area contributed by atoms with Gasteiger partial charge in [-0.2, -0.15) is 0 Å². The Balaban J connectivity index is 1.87. The molecule has 0 saturated carbocycles. The number of halogens is 2. The normalized spacial score (nSPS) is 10.6. The minimum absolute atomic E-state index is 0.536. The van der Waals surface area contributed by atoms with E-state index in [2.05, 4.69) is 31.9 Å². The Hall–Kier alpha value is -0.140. The zero-order chi connectivity index (χ0) is 13.8. The molecule has 0 aliphatic rings. The van der Waals surface area contributed by atoms with E-state index in [9.17, 15) is 0 Å². The SMILES string of the molecule is BrCOCCOCCOCCOc1ccc(Br)cc1. The third kappa shape index (κ3) is 9.40.